The van der Waals surface area contributed by atoms with Crippen LogP contribution in [-0.4, -0.2) is 91.8 Å². The molecule has 10 atom stereocenters. The fraction of sp³-hybridized carbons (Fsp3) is 0.538. The van der Waals surface area contributed by atoms with Crippen molar-refractivity contribution in [1.82, 2.24) is 0 Å². The molecule has 12 nitrogen and oxygen atoms in total. The molecular weight excluding hydrogens is 815 g/mol. The molecule has 1 aromatic rings. The monoisotopic (exact) mass is 888 g/mol. The molecule has 0 spiro atoms. The smallest absolute Gasteiger partial charge is 0.311 e. The van der Waals surface area contributed by atoms with Crippen molar-refractivity contribution in [2.45, 2.75) is 159 Å². The second kappa shape index (κ2) is 30.4. The van der Waals surface area contributed by atoms with Gasteiger partial charge in [0.15, 0.2) is 5.78 Å². The van der Waals surface area contributed by atoms with Gasteiger partial charge in [-0.3, -0.25) is 19.2 Å². The molecule has 1 saturated heterocycles. The molecule has 3 rings (SSSR count). The quantitative estimate of drug-likeness (QED) is 0.0827. The van der Waals surface area contributed by atoms with Crippen LogP contribution in [0.1, 0.15) is 127 Å². The van der Waals surface area contributed by atoms with Crippen LogP contribution in [0.4, 0.5) is 5.69 Å². The maximum Gasteiger partial charge on any atom is 0.311 e. The molecule has 2 aliphatic heterocycles. The van der Waals surface area contributed by atoms with E-state index >= 15 is 0 Å². The van der Waals surface area contributed by atoms with E-state index in [1.807, 2.05) is 98.9 Å². The van der Waals surface area contributed by atoms with Crippen molar-refractivity contribution in [3.8, 4) is 0 Å². The predicted octanol–water partition coefficient (Wildman–Crippen LogP) is 8.27. The largest absolute Gasteiger partial charge is 0.481 e. The highest BCUT2D eigenvalue weighted by Crippen LogP contribution is 2.32. The molecule has 2 aliphatic rings. The Hall–Kier alpha value is -4.72. The Balaban J connectivity index is 1.64. The van der Waals surface area contributed by atoms with Gasteiger partial charge >= 0.3 is 11.9 Å². The number of aliphatic carboxylic acids is 1. The van der Waals surface area contributed by atoms with Crippen molar-refractivity contribution in [1.29, 1.82) is 0 Å². The van der Waals surface area contributed by atoms with Crippen LogP contribution in [0.5, 0.6) is 0 Å². The molecular formula is C52H73NO11. The fourth-order valence-corrected chi connectivity index (χ4v) is 8.13. The van der Waals surface area contributed by atoms with Gasteiger partial charge in [-0.15, -0.1) is 0 Å². The van der Waals surface area contributed by atoms with Crippen molar-refractivity contribution in [2.75, 3.05) is 5.73 Å². The maximum atomic E-state index is 13.2. The molecule has 12 heteroatoms. The number of hydrogen-bond donors (Lipinski definition) is 6. The number of aliphatic hydroxyl groups excluding tert-OH is 4. The molecule has 2 bridgehead atoms. The summed E-state index contributed by atoms with van der Waals surface area (Å²) in [6.45, 7) is 3.85. The number of carboxylic acid groups (broad SMARTS) is 1. The minimum absolute atomic E-state index is 0.0544. The SMILES string of the molecule is C[C@H]1/C=C/C=C/C=C\C=C/C=C/C=C/C=C/CCC2OC(CCC[C@@H](O)CCCCCC(=O)C[C@@H](O)CC(=O)OC1[C@@H](C)CCC(O)CC(=O)c1ccc(N)cc1)C[C@H](O)[C@H]2C(=O)O. The normalized spacial score (nSPS) is 31.5. The molecule has 4 unspecified atom stereocenters. The predicted molar refractivity (Wildman–Crippen MR) is 250 cm³/mol. The van der Waals surface area contributed by atoms with E-state index in [2.05, 4.69) is 0 Å². The van der Waals surface area contributed by atoms with Gasteiger partial charge in [0.2, 0.25) is 0 Å². The topological polar surface area (TPSA) is 214 Å². The summed E-state index contributed by atoms with van der Waals surface area (Å²) in [6.07, 6.45) is 27.4. The third-order valence-corrected chi connectivity index (χ3v) is 11.7. The van der Waals surface area contributed by atoms with Crippen LogP contribution in [-0.2, 0) is 23.9 Å². The number of fused-ring (bicyclic) bond motifs is 2. The number of esters is 1. The standard InChI is InChI=1S/C52H73NO11/c1-37-21-16-13-11-9-7-5-3-4-6-8-10-12-14-19-26-48-50(52(61)62)47(59)36-45(63-48)25-20-24-41(54)22-17-15-18-23-42(55)33-44(57)35-49(60)64-51(37)38(2)27-32-43(56)34-46(58)39-28-30-40(53)31-29-39/h3-14,16,21,28-31,37-38,41,43-45,47-48,50-51,54,56-57,59H,15,17-20,22-27,32-36,53H2,1-2H3,(H,61,62)/b5-3-,6-4+,9-7-,10-8+,13-11+,14-12+,21-16+/t37-,38-,41-,43?,44+,45?,47-,48?,50+,51?/m0/s1. The molecule has 0 aromatic heterocycles. The first-order valence-corrected chi connectivity index (χ1v) is 23.1. The van der Waals surface area contributed by atoms with Crippen molar-refractivity contribution >= 4 is 29.2 Å². The van der Waals surface area contributed by atoms with Crippen molar-refractivity contribution in [3.63, 3.8) is 0 Å². The van der Waals surface area contributed by atoms with E-state index < -0.39 is 54.5 Å². The number of aliphatic hydroxyl groups is 4. The van der Waals surface area contributed by atoms with Gasteiger partial charge in [-0.05, 0) is 88.0 Å². The van der Waals surface area contributed by atoms with E-state index in [0.29, 0.717) is 69.0 Å². The van der Waals surface area contributed by atoms with E-state index in [1.165, 1.54) is 0 Å². The highest BCUT2D eigenvalue weighted by atomic mass is 16.5. The van der Waals surface area contributed by atoms with Crippen LogP contribution in [0.15, 0.2) is 109 Å². The number of carboxylic acids is 1. The zero-order chi connectivity index (χ0) is 46.7. The van der Waals surface area contributed by atoms with Gasteiger partial charge in [-0.2, -0.15) is 0 Å². The number of ether oxygens (including phenoxy) is 2. The third kappa shape index (κ3) is 21.8. The summed E-state index contributed by atoms with van der Waals surface area (Å²) < 4.78 is 12.1. The number of carbonyl (C=O) groups is 4. The number of Topliss-reactive ketones (excluding diaryl/α,β-unsaturated/α-hetero) is 2. The van der Waals surface area contributed by atoms with E-state index in [-0.39, 0.29) is 61.6 Å². The van der Waals surface area contributed by atoms with Crippen molar-refractivity contribution in [2.24, 2.45) is 17.8 Å². The molecule has 0 saturated carbocycles. The van der Waals surface area contributed by atoms with E-state index in [0.717, 1.165) is 12.8 Å². The molecule has 0 amide bonds. The Morgan fingerprint density at radius 1 is 0.766 bits per heavy atom. The third-order valence-electron chi connectivity index (χ3n) is 11.7. The van der Waals surface area contributed by atoms with Gasteiger partial charge in [0.1, 0.15) is 17.8 Å². The number of anilines is 1. The summed E-state index contributed by atoms with van der Waals surface area (Å²) in [5.41, 5.74) is 6.75. The molecule has 1 aromatic carbocycles. The Bertz CT molecular complexity index is 1780. The van der Waals surface area contributed by atoms with Gasteiger partial charge in [-0.1, -0.05) is 112 Å². The van der Waals surface area contributed by atoms with Gasteiger partial charge in [0.05, 0.1) is 43.0 Å². The number of rotatable bonds is 8. The minimum Gasteiger partial charge on any atom is -0.481 e. The van der Waals surface area contributed by atoms with Crippen molar-refractivity contribution < 1.29 is 54.2 Å². The van der Waals surface area contributed by atoms with Gasteiger partial charge < -0.3 is 40.7 Å². The summed E-state index contributed by atoms with van der Waals surface area (Å²) in [7, 11) is 0. The average Bonchev–Trinajstić information content (AvgIpc) is 3.23. The first kappa shape index (κ1) is 53.6. The molecule has 0 aliphatic carbocycles. The van der Waals surface area contributed by atoms with Gasteiger partial charge in [0.25, 0.3) is 0 Å². The summed E-state index contributed by atoms with van der Waals surface area (Å²) >= 11 is 0. The highest BCUT2D eigenvalue weighted by molar-refractivity contribution is 5.96. The van der Waals surface area contributed by atoms with Gasteiger partial charge in [0, 0.05) is 42.9 Å². The number of cyclic esters (lactones) is 1. The summed E-state index contributed by atoms with van der Waals surface area (Å²) in [5.74, 6) is -3.49. The van der Waals surface area contributed by atoms with Crippen molar-refractivity contribution in [3.05, 3.63) is 115 Å². The maximum absolute atomic E-state index is 13.2. The van der Waals surface area contributed by atoms with E-state index in [4.69, 9.17) is 15.2 Å². The Labute approximate surface area is 380 Å². The summed E-state index contributed by atoms with van der Waals surface area (Å²) in [4.78, 5) is 50.6. The molecule has 1 fully saturated rings. The van der Waals surface area contributed by atoms with Crippen LogP contribution in [0.3, 0.4) is 0 Å². The van der Waals surface area contributed by atoms with Crippen LogP contribution in [0, 0.1) is 17.8 Å². The molecule has 7 N–H and O–H groups in total. The summed E-state index contributed by atoms with van der Waals surface area (Å²) in [6, 6.07) is 6.55. The number of nitrogen functional groups attached to an aromatic ring is 1. The second-order valence-corrected chi connectivity index (χ2v) is 17.3. The van der Waals surface area contributed by atoms with E-state index in [9.17, 15) is 44.7 Å². The number of ketones is 2. The highest BCUT2D eigenvalue weighted by Gasteiger charge is 2.41. The number of nitrogens with two attached hydrogens (primary N) is 1. The number of carbonyl (C=O) groups excluding carboxylic acids is 3. The van der Waals surface area contributed by atoms with Crippen LogP contribution < -0.4 is 5.73 Å². The minimum atomic E-state index is -1.20. The lowest BCUT2D eigenvalue weighted by molar-refractivity contribution is -0.175. The molecule has 0 radical (unpaired) electrons. The number of benzene rings is 1. The Morgan fingerprint density at radius 2 is 1.39 bits per heavy atom. The van der Waals surface area contributed by atoms with Crippen LogP contribution in [0.2, 0.25) is 0 Å². The second-order valence-electron chi connectivity index (χ2n) is 17.3. The number of allylic oxidation sites excluding steroid dienone is 13. The molecule has 2 heterocycles. The fourth-order valence-electron chi connectivity index (χ4n) is 8.13. The van der Waals surface area contributed by atoms with E-state index in [1.54, 1.807) is 24.3 Å². The van der Waals surface area contributed by atoms with Crippen LogP contribution >= 0.6 is 0 Å². The zero-order valence-electron chi connectivity index (χ0n) is 37.7. The summed E-state index contributed by atoms with van der Waals surface area (Å²) in [5, 5.41) is 52.5. The molecule has 64 heavy (non-hydrogen) atoms. The first-order chi connectivity index (χ1) is 30.7. The lowest BCUT2D eigenvalue weighted by atomic mass is 9.85. The molecule has 352 valence electrons. The van der Waals surface area contributed by atoms with Gasteiger partial charge in [-0.25, -0.2) is 0 Å². The van der Waals surface area contributed by atoms with Crippen LogP contribution in [0.25, 0.3) is 0 Å². The number of hydrogen-bond acceptors (Lipinski definition) is 11. The zero-order valence-corrected chi connectivity index (χ0v) is 37.7. The Morgan fingerprint density at radius 3 is 2.05 bits per heavy atom. The lowest BCUT2D eigenvalue weighted by Crippen LogP contribution is -2.48. The Kier molecular flexibility index (Phi) is 25.5. The first-order valence-electron chi connectivity index (χ1n) is 23.1. The lowest BCUT2D eigenvalue weighted by Gasteiger charge is -2.38. The average molecular weight is 888 g/mol.